The Hall–Kier alpha value is -1.26. The third kappa shape index (κ3) is 5.50. The third-order valence-electron chi connectivity index (χ3n) is 3.94. The number of halogens is 1. The summed E-state index contributed by atoms with van der Waals surface area (Å²) in [7, 11) is 0. The van der Waals surface area contributed by atoms with E-state index in [-0.39, 0.29) is 18.3 Å². The molecule has 1 fully saturated rings. The minimum Gasteiger partial charge on any atom is -0.399 e. The number of piperidine rings is 1. The van der Waals surface area contributed by atoms with Crippen molar-refractivity contribution in [2.45, 2.75) is 39.2 Å². The summed E-state index contributed by atoms with van der Waals surface area (Å²) >= 11 is 0. The van der Waals surface area contributed by atoms with Crippen LogP contribution >= 0.6 is 12.4 Å². The summed E-state index contributed by atoms with van der Waals surface area (Å²) in [5.74, 6) is 0.771. The van der Waals surface area contributed by atoms with Crippen molar-refractivity contribution >= 4 is 24.0 Å². The van der Waals surface area contributed by atoms with Gasteiger partial charge in [-0.2, -0.15) is 0 Å². The van der Waals surface area contributed by atoms with Gasteiger partial charge in [0.25, 0.3) is 5.91 Å². The van der Waals surface area contributed by atoms with E-state index in [0.717, 1.165) is 39.0 Å². The second-order valence-electron chi connectivity index (χ2n) is 6.17. The lowest BCUT2D eigenvalue weighted by atomic mass is 10.1. The molecule has 1 aliphatic rings. The SMILES string of the molecule is CC(C)CCOC1CCN(C(=O)c2ccc(N)cc2)CC1.Cl. The highest BCUT2D eigenvalue weighted by atomic mass is 35.5. The molecule has 0 atom stereocenters. The number of nitrogen functional groups attached to an aromatic ring is 1. The first-order chi connectivity index (χ1) is 10.1. The number of carbonyl (C=O) groups is 1. The minimum absolute atomic E-state index is 0. The molecule has 0 unspecified atom stereocenters. The molecule has 1 aromatic rings. The van der Waals surface area contributed by atoms with Gasteiger partial charge in [-0.25, -0.2) is 0 Å². The predicted molar refractivity (Wildman–Crippen MR) is 92.4 cm³/mol. The highest BCUT2D eigenvalue weighted by Crippen LogP contribution is 2.17. The van der Waals surface area contributed by atoms with Crippen LogP contribution in [0.1, 0.15) is 43.5 Å². The summed E-state index contributed by atoms with van der Waals surface area (Å²) in [6.45, 7) is 6.79. The lowest BCUT2D eigenvalue weighted by Gasteiger charge is -2.32. The van der Waals surface area contributed by atoms with Gasteiger partial charge in [0.05, 0.1) is 6.10 Å². The van der Waals surface area contributed by atoms with E-state index < -0.39 is 0 Å². The molecule has 0 aliphatic carbocycles. The molecule has 1 aliphatic heterocycles. The van der Waals surface area contributed by atoms with Crippen molar-refractivity contribution in [2.24, 2.45) is 5.92 Å². The van der Waals surface area contributed by atoms with Crippen molar-refractivity contribution in [3.8, 4) is 0 Å². The lowest BCUT2D eigenvalue weighted by molar-refractivity contribution is 0.00484. The Morgan fingerprint density at radius 1 is 1.27 bits per heavy atom. The maximum atomic E-state index is 12.4. The monoisotopic (exact) mass is 326 g/mol. The molecule has 0 bridgehead atoms. The molecule has 1 amide bonds. The summed E-state index contributed by atoms with van der Waals surface area (Å²) in [5, 5.41) is 0. The van der Waals surface area contributed by atoms with Gasteiger partial charge in [-0.1, -0.05) is 13.8 Å². The fourth-order valence-corrected chi connectivity index (χ4v) is 2.50. The van der Waals surface area contributed by atoms with Crippen LogP contribution in [0.4, 0.5) is 5.69 Å². The fourth-order valence-electron chi connectivity index (χ4n) is 2.50. The van der Waals surface area contributed by atoms with Gasteiger partial charge in [-0.15, -0.1) is 12.4 Å². The number of hydrogen-bond acceptors (Lipinski definition) is 3. The topological polar surface area (TPSA) is 55.6 Å². The average Bonchev–Trinajstić information content (AvgIpc) is 2.48. The Balaban J connectivity index is 0.00000242. The van der Waals surface area contributed by atoms with Gasteiger partial charge in [-0.3, -0.25) is 4.79 Å². The number of benzene rings is 1. The van der Waals surface area contributed by atoms with Crippen molar-refractivity contribution < 1.29 is 9.53 Å². The number of nitrogens with zero attached hydrogens (tertiary/aromatic N) is 1. The Labute approximate surface area is 139 Å². The molecule has 2 N–H and O–H groups in total. The maximum Gasteiger partial charge on any atom is 0.253 e. The zero-order valence-corrected chi connectivity index (χ0v) is 14.3. The van der Waals surface area contributed by atoms with Crippen molar-refractivity contribution in [2.75, 3.05) is 25.4 Å². The lowest BCUT2D eigenvalue weighted by Crippen LogP contribution is -2.41. The summed E-state index contributed by atoms with van der Waals surface area (Å²) in [4.78, 5) is 14.3. The molecule has 124 valence electrons. The van der Waals surface area contributed by atoms with Gasteiger partial charge in [0.15, 0.2) is 0 Å². The van der Waals surface area contributed by atoms with E-state index in [2.05, 4.69) is 13.8 Å². The van der Waals surface area contributed by atoms with Crippen LogP contribution in [0.3, 0.4) is 0 Å². The zero-order valence-electron chi connectivity index (χ0n) is 13.5. The molecular formula is C17H27ClN2O2. The standard InChI is InChI=1S/C17H26N2O2.ClH/c1-13(2)9-12-21-16-7-10-19(11-8-16)17(20)14-3-5-15(18)6-4-14;/h3-6,13,16H,7-12,18H2,1-2H3;1H. The Morgan fingerprint density at radius 3 is 2.41 bits per heavy atom. The number of anilines is 1. The summed E-state index contributed by atoms with van der Waals surface area (Å²) in [6.07, 6.45) is 3.27. The van der Waals surface area contributed by atoms with Crippen LogP contribution in [0, 0.1) is 5.92 Å². The fraction of sp³-hybridized carbons (Fsp3) is 0.588. The first-order valence-electron chi connectivity index (χ1n) is 7.82. The highest BCUT2D eigenvalue weighted by molar-refractivity contribution is 5.94. The summed E-state index contributed by atoms with van der Waals surface area (Å²) in [5.41, 5.74) is 7.05. The molecule has 1 aromatic carbocycles. The number of hydrogen-bond donors (Lipinski definition) is 1. The molecular weight excluding hydrogens is 300 g/mol. The van der Waals surface area contributed by atoms with Gasteiger partial charge < -0.3 is 15.4 Å². The predicted octanol–water partition coefficient (Wildman–Crippen LogP) is 3.36. The average molecular weight is 327 g/mol. The first-order valence-corrected chi connectivity index (χ1v) is 7.82. The number of carbonyl (C=O) groups excluding carboxylic acids is 1. The van der Waals surface area contributed by atoms with Crippen LogP contribution < -0.4 is 5.73 Å². The van der Waals surface area contributed by atoms with Gasteiger partial charge in [-0.05, 0) is 49.4 Å². The number of likely N-dealkylation sites (tertiary alicyclic amines) is 1. The maximum absolute atomic E-state index is 12.4. The van der Waals surface area contributed by atoms with E-state index in [0.29, 0.717) is 23.3 Å². The van der Waals surface area contributed by atoms with Crippen LogP contribution in [-0.4, -0.2) is 36.6 Å². The molecule has 0 aromatic heterocycles. The third-order valence-corrected chi connectivity index (χ3v) is 3.94. The molecule has 5 heteroatoms. The quantitative estimate of drug-likeness (QED) is 0.844. The second kappa shape index (κ2) is 9.01. The number of amides is 1. The molecule has 0 spiro atoms. The summed E-state index contributed by atoms with van der Waals surface area (Å²) in [6, 6.07) is 7.13. The van der Waals surface area contributed by atoms with Gasteiger partial charge >= 0.3 is 0 Å². The Bertz CT molecular complexity index is 454. The Kier molecular flexibility index (Phi) is 7.69. The van der Waals surface area contributed by atoms with Crippen molar-refractivity contribution in [3.05, 3.63) is 29.8 Å². The van der Waals surface area contributed by atoms with Crippen molar-refractivity contribution in [1.29, 1.82) is 0 Å². The molecule has 22 heavy (non-hydrogen) atoms. The largest absolute Gasteiger partial charge is 0.399 e. The zero-order chi connectivity index (χ0) is 15.2. The number of ether oxygens (including phenoxy) is 1. The number of nitrogens with two attached hydrogens (primary N) is 1. The highest BCUT2D eigenvalue weighted by Gasteiger charge is 2.23. The van der Waals surface area contributed by atoms with Crippen molar-refractivity contribution in [1.82, 2.24) is 4.90 Å². The van der Waals surface area contributed by atoms with Gasteiger partial charge in [0.1, 0.15) is 0 Å². The molecule has 4 nitrogen and oxygen atoms in total. The second-order valence-corrected chi connectivity index (χ2v) is 6.17. The van der Waals surface area contributed by atoms with Crippen LogP contribution in [0.15, 0.2) is 24.3 Å². The van der Waals surface area contributed by atoms with E-state index in [1.807, 2.05) is 4.90 Å². The molecule has 2 rings (SSSR count). The Morgan fingerprint density at radius 2 is 1.86 bits per heavy atom. The van der Waals surface area contributed by atoms with E-state index in [4.69, 9.17) is 10.5 Å². The number of rotatable bonds is 5. The molecule has 0 saturated carbocycles. The van der Waals surface area contributed by atoms with Crippen LogP contribution in [0.2, 0.25) is 0 Å². The molecule has 0 radical (unpaired) electrons. The molecule has 1 heterocycles. The first kappa shape index (κ1) is 18.8. The van der Waals surface area contributed by atoms with Gasteiger partial charge in [0.2, 0.25) is 0 Å². The van der Waals surface area contributed by atoms with E-state index >= 15 is 0 Å². The van der Waals surface area contributed by atoms with Crippen LogP contribution in [0.25, 0.3) is 0 Å². The van der Waals surface area contributed by atoms with Crippen LogP contribution in [0.5, 0.6) is 0 Å². The van der Waals surface area contributed by atoms with Crippen molar-refractivity contribution in [3.63, 3.8) is 0 Å². The smallest absolute Gasteiger partial charge is 0.253 e. The minimum atomic E-state index is 0. The van der Waals surface area contributed by atoms with E-state index in [1.54, 1.807) is 24.3 Å². The van der Waals surface area contributed by atoms with E-state index in [1.165, 1.54) is 0 Å². The molecule has 1 saturated heterocycles. The summed E-state index contributed by atoms with van der Waals surface area (Å²) < 4.78 is 5.89. The van der Waals surface area contributed by atoms with E-state index in [9.17, 15) is 4.79 Å². The van der Waals surface area contributed by atoms with Gasteiger partial charge in [0, 0.05) is 30.9 Å². The van der Waals surface area contributed by atoms with Crippen LogP contribution in [-0.2, 0) is 4.74 Å². The normalized spacial score (nSPS) is 15.7.